The highest BCUT2D eigenvalue weighted by Gasteiger charge is 2.50. The van der Waals surface area contributed by atoms with E-state index in [1.54, 1.807) is 16.6 Å². The molecule has 0 spiro atoms. The molecular weight excluding hydrogens is 286 g/mol. The van der Waals surface area contributed by atoms with Gasteiger partial charge < -0.3 is 10.2 Å². The van der Waals surface area contributed by atoms with Gasteiger partial charge in [0, 0.05) is 11.1 Å². The lowest BCUT2D eigenvalue weighted by atomic mass is 9.84. The first-order chi connectivity index (χ1) is 9.96. The number of amides is 2. The Morgan fingerprint density at radius 1 is 1.38 bits per heavy atom. The van der Waals surface area contributed by atoms with Gasteiger partial charge in [-0.3, -0.25) is 14.6 Å². The fourth-order valence-electron chi connectivity index (χ4n) is 2.95. The molecule has 1 atom stereocenters. The Labute approximate surface area is 129 Å². The Morgan fingerprint density at radius 2 is 2.05 bits per heavy atom. The van der Waals surface area contributed by atoms with Crippen molar-refractivity contribution in [2.24, 2.45) is 5.92 Å². The van der Waals surface area contributed by atoms with Crippen LogP contribution in [0.3, 0.4) is 0 Å². The van der Waals surface area contributed by atoms with Gasteiger partial charge in [-0.15, -0.1) is 11.3 Å². The van der Waals surface area contributed by atoms with Crippen LogP contribution in [0.25, 0.3) is 0 Å². The second-order valence-corrected chi connectivity index (χ2v) is 6.80. The molecule has 2 amide bonds. The van der Waals surface area contributed by atoms with Crippen LogP contribution >= 0.6 is 11.3 Å². The normalized spacial score (nSPS) is 21.8. The van der Waals surface area contributed by atoms with Crippen LogP contribution < -0.4 is 5.32 Å². The molecule has 1 fully saturated rings. The van der Waals surface area contributed by atoms with E-state index in [0.717, 1.165) is 4.88 Å². The van der Waals surface area contributed by atoms with Crippen molar-refractivity contribution in [2.45, 2.75) is 58.7 Å². The van der Waals surface area contributed by atoms with E-state index in [1.165, 1.54) is 11.3 Å². The van der Waals surface area contributed by atoms with E-state index in [4.69, 9.17) is 0 Å². The molecule has 0 aliphatic carbocycles. The SMILES string of the molecule is CCC1(CC)C(=O)NC(C(C)C)C(=O)N1Cc1cncs1. The molecule has 1 aromatic heterocycles. The molecule has 5 nitrogen and oxygen atoms in total. The third-order valence-electron chi connectivity index (χ3n) is 4.39. The Balaban J connectivity index is 2.39. The number of thiazole rings is 1. The maximum atomic E-state index is 12.9. The van der Waals surface area contributed by atoms with Crippen LogP contribution in [0.4, 0.5) is 0 Å². The summed E-state index contributed by atoms with van der Waals surface area (Å²) in [5, 5.41) is 2.93. The van der Waals surface area contributed by atoms with Gasteiger partial charge in [0.15, 0.2) is 0 Å². The van der Waals surface area contributed by atoms with Gasteiger partial charge in [0.25, 0.3) is 0 Å². The molecule has 1 saturated heterocycles. The molecule has 6 heteroatoms. The number of nitrogens with zero attached hydrogens (tertiary/aromatic N) is 2. The van der Waals surface area contributed by atoms with Crippen molar-refractivity contribution in [3.63, 3.8) is 0 Å². The lowest BCUT2D eigenvalue weighted by molar-refractivity contribution is -0.160. The summed E-state index contributed by atoms with van der Waals surface area (Å²) in [6.07, 6.45) is 3.00. The molecule has 21 heavy (non-hydrogen) atoms. The molecule has 2 heterocycles. The van der Waals surface area contributed by atoms with Crippen LogP contribution in [0.15, 0.2) is 11.7 Å². The third-order valence-corrected chi connectivity index (χ3v) is 5.16. The van der Waals surface area contributed by atoms with Gasteiger partial charge in [-0.05, 0) is 18.8 Å². The first-order valence-electron chi connectivity index (χ1n) is 7.46. The highest BCUT2D eigenvalue weighted by Crippen LogP contribution is 2.32. The van der Waals surface area contributed by atoms with E-state index in [0.29, 0.717) is 19.4 Å². The summed E-state index contributed by atoms with van der Waals surface area (Å²) in [7, 11) is 0. The molecule has 1 N–H and O–H groups in total. The minimum atomic E-state index is -0.744. The summed E-state index contributed by atoms with van der Waals surface area (Å²) < 4.78 is 0. The van der Waals surface area contributed by atoms with Crippen molar-refractivity contribution in [3.8, 4) is 0 Å². The lowest BCUT2D eigenvalue weighted by Gasteiger charge is -2.48. The second kappa shape index (κ2) is 6.13. The van der Waals surface area contributed by atoms with Crippen molar-refractivity contribution < 1.29 is 9.59 Å². The molecule has 1 aliphatic heterocycles. The van der Waals surface area contributed by atoms with Gasteiger partial charge in [-0.2, -0.15) is 0 Å². The Bertz CT molecular complexity index is 509. The molecule has 1 aromatic rings. The summed E-state index contributed by atoms with van der Waals surface area (Å²) in [6, 6.07) is -0.434. The van der Waals surface area contributed by atoms with Crippen LogP contribution in [-0.2, 0) is 16.1 Å². The zero-order valence-electron chi connectivity index (χ0n) is 13.0. The number of carbonyl (C=O) groups is 2. The van der Waals surface area contributed by atoms with E-state index in [1.807, 2.05) is 27.7 Å². The summed E-state index contributed by atoms with van der Waals surface area (Å²) in [4.78, 5) is 32.4. The number of carbonyl (C=O) groups excluding carboxylic acids is 2. The van der Waals surface area contributed by atoms with Crippen LogP contribution in [0, 0.1) is 5.92 Å². The standard InChI is InChI=1S/C15H23N3O2S/c1-5-15(6-2)14(20)17-12(10(3)4)13(19)18(15)8-11-7-16-9-21-11/h7,9-10,12H,5-6,8H2,1-4H3,(H,17,20). The summed E-state index contributed by atoms with van der Waals surface area (Å²) >= 11 is 1.51. The third kappa shape index (κ3) is 2.69. The summed E-state index contributed by atoms with van der Waals surface area (Å²) in [5.41, 5.74) is 1.01. The fraction of sp³-hybridized carbons (Fsp3) is 0.667. The summed E-state index contributed by atoms with van der Waals surface area (Å²) in [6.45, 7) is 8.30. The minimum absolute atomic E-state index is 0.0155. The number of hydrogen-bond donors (Lipinski definition) is 1. The molecule has 2 rings (SSSR count). The van der Waals surface area contributed by atoms with Crippen LogP contribution in [0.1, 0.15) is 45.4 Å². The van der Waals surface area contributed by atoms with E-state index in [-0.39, 0.29) is 17.7 Å². The highest BCUT2D eigenvalue weighted by molar-refractivity contribution is 7.09. The van der Waals surface area contributed by atoms with E-state index in [2.05, 4.69) is 10.3 Å². The molecule has 1 aliphatic rings. The zero-order valence-corrected chi connectivity index (χ0v) is 13.9. The zero-order chi connectivity index (χ0) is 15.6. The van der Waals surface area contributed by atoms with Gasteiger partial charge in [-0.1, -0.05) is 27.7 Å². The molecule has 1 unspecified atom stereocenters. The molecule has 0 aromatic carbocycles. The molecule has 0 radical (unpaired) electrons. The van der Waals surface area contributed by atoms with Gasteiger partial charge in [0.2, 0.25) is 11.8 Å². The summed E-state index contributed by atoms with van der Waals surface area (Å²) in [5.74, 6) is 0.0640. The van der Waals surface area contributed by atoms with Crippen LogP contribution in [-0.4, -0.2) is 33.3 Å². The average molecular weight is 309 g/mol. The second-order valence-electron chi connectivity index (χ2n) is 5.83. The monoisotopic (exact) mass is 309 g/mol. The topological polar surface area (TPSA) is 62.3 Å². The average Bonchev–Trinajstić information content (AvgIpc) is 2.96. The van der Waals surface area contributed by atoms with Crippen LogP contribution in [0.2, 0.25) is 0 Å². The van der Waals surface area contributed by atoms with E-state index in [9.17, 15) is 9.59 Å². The molecule has 0 saturated carbocycles. The van der Waals surface area contributed by atoms with Gasteiger partial charge >= 0.3 is 0 Å². The quantitative estimate of drug-likeness (QED) is 0.907. The van der Waals surface area contributed by atoms with Gasteiger partial charge in [0.1, 0.15) is 11.6 Å². The predicted octanol–water partition coefficient (Wildman–Crippen LogP) is 2.18. The maximum absolute atomic E-state index is 12.9. The Kier molecular flexibility index (Phi) is 4.66. The number of nitrogens with one attached hydrogen (secondary N) is 1. The highest BCUT2D eigenvalue weighted by atomic mass is 32.1. The van der Waals surface area contributed by atoms with Crippen molar-refractivity contribution in [3.05, 3.63) is 16.6 Å². The predicted molar refractivity (Wildman–Crippen MR) is 82.7 cm³/mol. The smallest absolute Gasteiger partial charge is 0.246 e. The fourth-order valence-corrected chi connectivity index (χ4v) is 3.53. The van der Waals surface area contributed by atoms with Gasteiger partial charge in [0.05, 0.1) is 12.1 Å². The molecule has 0 bridgehead atoms. The number of hydrogen-bond acceptors (Lipinski definition) is 4. The largest absolute Gasteiger partial charge is 0.342 e. The number of aromatic nitrogens is 1. The first-order valence-corrected chi connectivity index (χ1v) is 8.34. The van der Waals surface area contributed by atoms with Crippen LogP contribution in [0.5, 0.6) is 0 Å². The van der Waals surface area contributed by atoms with E-state index < -0.39 is 11.6 Å². The van der Waals surface area contributed by atoms with E-state index >= 15 is 0 Å². The lowest BCUT2D eigenvalue weighted by Crippen LogP contribution is -2.70. The first kappa shape index (κ1) is 15.9. The molecular formula is C15H23N3O2S. The van der Waals surface area contributed by atoms with Crippen molar-refractivity contribution in [1.82, 2.24) is 15.2 Å². The Morgan fingerprint density at radius 3 is 2.52 bits per heavy atom. The van der Waals surface area contributed by atoms with Gasteiger partial charge in [-0.25, -0.2) is 0 Å². The van der Waals surface area contributed by atoms with Crippen molar-refractivity contribution >= 4 is 23.2 Å². The number of rotatable bonds is 5. The Hall–Kier alpha value is -1.43. The minimum Gasteiger partial charge on any atom is -0.342 e. The maximum Gasteiger partial charge on any atom is 0.246 e. The van der Waals surface area contributed by atoms with Crippen molar-refractivity contribution in [2.75, 3.05) is 0 Å². The molecule has 116 valence electrons. The van der Waals surface area contributed by atoms with Crippen molar-refractivity contribution in [1.29, 1.82) is 0 Å². The number of piperazine rings is 1.